The van der Waals surface area contributed by atoms with Crippen molar-refractivity contribution in [3.8, 4) is 5.88 Å². The number of nitrogens with zero attached hydrogens (tertiary/aromatic N) is 4. The SMILES string of the molecule is CCC1(C)CC(N(O)Cc2c(C(F)(F)F)nn(C)c2OC(F)F)=NO1. The topological polar surface area (TPSA) is 72.1 Å². The van der Waals surface area contributed by atoms with E-state index in [-0.39, 0.29) is 12.3 Å². The molecule has 0 saturated carbocycles. The smallest absolute Gasteiger partial charge is 0.417 e. The van der Waals surface area contributed by atoms with E-state index >= 15 is 0 Å². The zero-order chi connectivity index (χ0) is 19.0. The van der Waals surface area contributed by atoms with Gasteiger partial charge in [0.2, 0.25) is 5.88 Å². The van der Waals surface area contributed by atoms with Crippen LogP contribution in [-0.4, -0.2) is 38.1 Å². The summed E-state index contributed by atoms with van der Waals surface area (Å²) in [5.41, 5.74) is -2.85. The van der Waals surface area contributed by atoms with E-state index in [1.165, 1.54) is 0 Å². The lowest BCUT2D eigenvalue weighted by Crippen LogP contribution is -2.31. The van der Waals surface area contributed by atoms with Gasteiger partial charge < -0.3 is 9.57 Å². The van der Waals surface area contributed by atoms with Gasteiger partial charge in [-0.2, -0.15) is 27.1 Å². The Labute approximate surface area is 139 Å². The second-order valence-electron chi connectivity index (χ2n) is 5.77. The van der Waals surface area contributed by atoms with Crippen LogP contribution in [0.4, 0.5) is 22.0 Å². The van der Waals surface area contributed by atoms with Crippen LogP contribution in [-0.2, 0) is 24.6 Å². The molecule has 142 valence electrons. The third kappa shape index (κ3) is 4.11. The first-order chi connectivity index (χ1) is 11.5. The number of aryl methyl sites for hydroxylation is 1. The lowest BCUT2D eigenvalue weighted by atomic mass is 9.99. The maximum atomic E-state index is 13.1. The van der Waals surface area contributed by atoms with Gasteiger partial charge in [-0.3, -0.25) is 5.21 Å². The Hall–Kier alpha value is -2.11. The van der Waals surface area contributed by atoms with Crippen LogP contribution in [0.5, 0.6) is 5.88 Å². The van der Waals surface area contributed by atoms with Crippen molar-refractivity contribution in [2.75, 3.05) is 0 Å². The first kappa shape index (κ1) is 19.2. The molecule has 1 aromatic rings. The van der Waals surface area contributed by atoms with Gasteiger partial charge in [0.25, 0.3) is 0 Å². The van der Waals surface area contributed by atoms with Crippen molar-refractivity contribution >= 4 is 5.84 Å². The third-order valence-electron chi connectivity index (χ3n) is 3.81. The van der Waals surface area contributed by atoms with Crippen molar-refractivity contribution in [1.29, 1.82) is 0 Å². The molecule has 0 bridgehead atoms. The fourth-order valence-corrected chi connectivity index (χ4v) is 2.29. The van der Waals surface area contributed by atoms with Crippen molar-refractivity contribution in [3.63, 3.8) is 0 Å². The zero-order valence-electron chi connectivity index (χ0n) is 13.6. The average Bonchev–Trinajstić information content (AvgIpc) is 3.02. The molecule has 0 aromatic carbocycles. The number of rotatable bonds is 5. The standard InChI is InChI=1S/C13H17F5N4O3/c1-4-12(2)5-8(20-25-12)22(23)6-7-9(13(16,17)18)19-21(3)10(7)24-11(14)15/h11,23H,4-6H2,1-3H3. The van der Waals surface area contributed by atoms with Crippen LogP contribution in [0.1, 0.15) is 37.9 Å². The minimum absolute atomic E-state index is 0.0238. The molecule has 1 aromatic heterocycles. The minimum Gasteiger partial charge on any atom is -0.417 e. The molecule has 0 fully saturated rings. The Kier molecular flexibility index (Phi) is 5.11. The number of oxime groups is 1. The van der Waals surface area contributed by atoms with Gasteiger partial charge in [0.05, 0.1) is 18.5 Å². The van der Waals surface area contributed by atoms with Gasteiger partial charge in [-0.05, 0) is 13.3 Å². The lowest BCUT2D eigenvalue weighted by Gasteiger charge is -2.20. The van der Waals surface area contributed by atoms with Gasteiger partial charge in [0, 0.05) is 7.05 Å². The molecule has 0 aliphatic carbocycles. The molecule has 2 rings (SSSR count). The largest absolute Gasteiger partial charge is 0.435 e. The molecule has 1 N–H and O–H groups in total. The van der Waals surface area contributed by atoms with Crippen LogP contribution in [0.3, 0.4) is 0 Å². The van der Waals surface area contributed by atoms with Gasteiger partial charge in [-0.25, -0.2) is 9.75 Å². The van der Waals surface area contributed by atoms with Crippen molar-refractivity contribution in [3.05, 3.63) is 11.3 Å². The van der Waals surface area contributed by atoms with Crippen molar-refractivity contribution in [1.82, 2.24) is 14.8 Å². The van der Waals surface area contributed by atoms with Gasteiger partial charge in [0.15, 0.2) is 11.5 Å². The number of ether oxygens (including phenoxy) is 1. The average molecular weight is 372 g/mol. The van der Waals surface area contributed by atoms with Crippen molar-refractivity contribution in [2.45, 2.75) is 51.6 Å². The predicted octanol–water partition coefficient (Wildman–Crippen LogP) is 3.13. The zero-order valence-corrected chi connectivity index (χ0v) is 13.6. The number of hydrogen-bond acceptors (Lipinski definition) is 6. The number of hydrogen-bond donors (Lipinski definition) is 1. The fraction of sp³-hybridized carbons (Fsp3) is 0.692. The number of aromatic nitrogens is 2. The van der Waals surface area contributed by atoms with E-state index in [9.17, 15) is 27.2 Å². The van der Waals surface area contributed by atoms with Gasteiger partial charge in [-0.15, -0.1) is 0 Å². The first-order valence-electron chi connectivity index (χ1n) is 7.26. The Bertz CT molecular complexity index is 661. The predicted molar refractivity (Wildman–Crippen MR) is 74.0 cm³/mol. The molecule has 0 spiro atoms. The normalized spacial score (nSPS) is 20.6. The van der Waals surface area contributed by atoms with E-state index in [0.29, 0.717) is 16.2 Å². The number of amidine groups is 1. The Morgan fingerprint density at radius 1 is 1.44 bits per heavy atom. The number of halogens is 5. The molecule has 1 unspecified atom stereocenters. The second kappa shape index (κ2) is 6.65. The molecule has 12 heteroatoms. The van der Waals surface area contributed by atoms with E-state index in [0.717, 1.165) is 7.05 Å². The Morgan fingerprint density at radius 2 is 2.08 bits per heavy atom. The quantitative estimate of drug-likeness (QED) is 0.635. The fourth-order valence-electron chi connectivity index (χ4n) is 2.29. The maximum absolute atomic E-state index is 13.1. The minimum atomic E-state index is -4.91. The molecular weight excluding hydrogens is 355 g/mol. The maximum Gasteiger partial charge on any atom is 0.435 e. The van der Waals surface area contributed by atoms with E-state index in [1.807, 2.05) is 6.92 Å². The van der Waals surface area contributed by atoms with Crippen LogP contribution < -0.4 is 4.74 Å². The summed E-state index contributed by atoms with van der Waals surface area (Å²) >= 11 is 0. The summed E-state index contributed by atoms with van der Waals surface area (Å²) in [4.78, 5) is 5.15. The van der Waals surface area contributed by atoms with E-state index in [2.05, 4.69) is 15.0 Å². The highest BCUT2D eigenvalue weighted by Gasteiger charge is 2.41. The Balaban J connectivity index is 2.31. The molecule has 1 atom stereocenters. The molecule has 0 amide bonds. The highest BCUT2D eigenvalue weighted by Crippen LogP contribution is 2.37. The molecule has 1 aliphatic heterocycles. The highest BCUT2D eigenvalue weighted by atomic mass is 19.4. The highest BCUT2D eigenvalue weighted by molar-refractivity contribution is 5.82. The van der Waals surface area contributed by atoms with Gasteiger partial charge in [-0.1, -0.05) is 12.1 Å². The summed E-state index contributed by atoms with van der Waals surface area (Å²) in [5.74, 6) is -0.816. The van der Waals surface area contributed by atoms with E-state index < -0.39 is 42.1 Å². The summed E-state index contributed by atoms with van der Waals surface area (Å²) in [6.07, 6.45) is -4.22. The molecule has 0 radical (unpaired) electrons. The molecule has 0 saturated heterocycles. The van der Waals surface area contributed by atoms with Gasteiger partial charge in [0.1, 0.15) is 5.60 Å². The summed E-state index contributed by atoms with van der Waals surface area (Å²) in [7, 11) is 1.03. The third-order valence-corrected chi connectivity index (χ3v) is 3.81. The van der Waals surface area contributed by atoms with Gasteiger partial charge >= 0.3 is 12.8 Å². The first-order valence-corrected chi connectivity index (χ1v) is 7.26. The van der Waals surface area contributed by atoms with Crippen LogP contribution in [0.25, 0.3) is 0 Å². The van der Waals surface area contributed by atoms with E-state index in [4.69, 9.17) is 4.84 Å². The molecule has 25 heavy (non-hydrogen) atoms. The molecule has 7 nitrogen and oxygen atoms in total. The summed E-state index contributed by atoms with van der Waals surface area (Å²) < 4.78 is 69.0. The molecular formula is C13H17F5N4O3. The Morgan fingerprint density at radius 3 is 2.56 bits per heavy atom. The van der Waals surface area contributed by atoms with Crippen LogP contribution in [0, 0.1) is 0 Å². The summed E-state index contributed by atoms with van der Waals surface area (Å²) in [6, 6.07) is 0. The van der Waals surface area contributed by atoms with Crippen molar-refractivity contribution in [2.24, 2.45) is 12.2 Å². The molecule has 2 heterocycles. The van der Waals surface area contributed by atoms with Crippen LogP contribution >= 0.6 is 0 Å². The van der Waals surface area contributed by atoms with Crippen LogP contribution in [0.15, 0.2) is 5.16 Å². The second-order valence-corrected chi connectivity index (χ2v) is 5.77. The van der Waals surface area contributed by atoms with Crippen molar-refractivity contribution < 1.29 is 36.7 Å². The number of hydroxylamine groups is 2. The monoisotopic (exact) mass is 372 g/mol. The molecule has 1 aliphatic rings. The lowest BCUT2D eigenvalue weighted by molar-refractivity contribution is -0.143. The summed E-state index contributed by atoms with van der Waals surface area (Å²) in [5, 5.41) is 17.3. The van der Waals surface area contributed by atoms with E-state index in [1.54, 1.807) is 6.92 Å². The number of alkyl halides is 5. The summed E-state index contributed by atoms with van der Waals surface area (Å²) in [6.45, 7) is -0.615. The van der Waals surface area contributed by atoms with Crippen LogP contribution in [0.2, 0.25) is 0 Å².